The summed E-state index contributed by atoms with van der Waals surface area (Å²) in [5.41, 5.74) is 0. The van der Waals surface area contributed by atoms with Gasteiger partial charge in [0.25, 0.3) is 0 Å². The molecule has 0 amide bonds. The van der Waals surface area contributed by atoms with Crippen molar-refractivity contribution in [1.29, 1.82) is 0 Å². The fraction of sp³-hybridized carbons (Fsp3) is 0.818. The Morgan fingerprint density at radius 1 is 1.29 bits per heavy atom. The summed E-state index contributed by atoms with van der Waals surface area (Å²) in [6.45, 7) is 6.90. The van der Waals surface area contributed by atoms with Crippen LogP contribution < -0.4 is 5.32 Å². The second kappa shape index (κ2) is 8.52. The molecule has 0 aliphatic rings. The van der Waals surface area contributed by atoms with Crippen LogP contribution in [-0.2, 0) is 16.1 Å². The van der Waals surface area contributed by atoms with Crippen LogP contribution in [0.5, 0.6) is 0 Å². The number of rotatable bonds is 9. The quantitative estimate of drug-likeness (QED) is 0.685. The maximum atomic E-state index is 5.41. The standard InChI is InChI=1S/C11H21N3O2S/c1-4-9(12-5-2)11-14-13-10(17-11)8-16-7-6-15-3/h9,12H,4-8H2,1-3H3. The molecule has 1 aromatic rings. The van der Waals surface area contributed by atoms with Crippen LogP contribution >= 0.6 is 11.3 Å². The molecule has 0 spiro atoms. The molecule has 1 unspecified atom stereocenters. The van der Waals surface area contributed by atoms with Crippen molar-refractivity contribution in [3.63, 3.8) is 0 Å². The van der Waals surface area contributed by atoms with Gasteiger partial charge in [0, 0.05) is 7.11 Å². The number of ether oxygens (including phenoxy) is 2. The van der Waals surface area contributed by atoms with E-state index in [1.807, 2.05) is 0 Å². The molecule has 1 rings (SSSR count). The van der Waals surface area contributed by atoms with E-state index in [9.17, 15) is 0 Å². The molecule has 0 aliphatic carbocycles. The average Bonchev–Trinajstić information content (AvgIpc) is 2.80. The first kappa shape index (κ1) is 14.5. The molecule has 5 nitrogen and oxygen atoms in total. The first-order valence-electron chi connectivity index (χ1n) is 5.94. The summed E-state index contributed by atoms with van der Waals surface area (Å²) in [6, 6.07) is 0.310. The topological polar surface area (TPSA) is 56.3 Å². The molecule has 0 saturated heterocycles. The van der Waals surface area contributed by atoms with Crippen molar-refractivity contribution in [3.05, 3.63) is 10.0 Å². The molecule has 1 heterocycles. The number of methoxy groups -OCH3 is 1. The molecule has 17 heavy (non-hydrogen) atoms. The lowest BCUT2D eigenvalue weighted by molar-refractivity contribution is 0.0613. The molecule has 1 atom stereocenters. The Balaban J connectivity index is 2.40. The van der Waals surface area contributed by atoms with E-state index < -0.39 is 0 Å². The van der Waals surface area contributed by atoms with Crippen LogP contribution in [0.15, 0.2) is 0 Å². The first-order chi connectivity index (χ1) is 8.31. The van der Waals surface area contributed by atoms with Crippen molar-refractivity contribution in [3.8, 4) is 0 Å². The highest BCUT2D eigenvalue weighted by Crippen LogP contribution is 2.20. The number of nitrogens with one attached hydrogen (secondary N) is 1. The van der Waals surface area contributed by atoms with Gasteiger partial charge in [-0.3, -0.25) is 0 Å². The van der Waals surface area contributed by atoms with Crippen LogP contribution in [0.4, 0.5) is 0 Å². The zero-order valence-electron chi connectivity index (χ0n) is 10.7. The van der Waals surface area contributed by atoms with Gasteiger partial charge in [0.2, 0.25) is 0 Å². The van der Waals surface area contributed by atoms with Crippen LogP contribution in [0.25, 0.3) is 0 Å². The normalized spacial score (nSPS) is 12.9. The van der Waals surface area contributed by atoms with Gasteiger partial charge in [0.05, 0.1) is 19.3 Å². The van der Waals surface area contributed by atoms with Gasteiger partial charge in [0.15, 0.2) is 0 Å². The maximum Gasteiger partial charge on any atom is 0.143 e. The first-order valence-corrected chi connectivity index (χ1v) is 6.75. The van der Waals surface area contributed by atoms with Gasteiger partial charge >= 0.3 is 0 Å². The van der Waals surface area contributed by atoms with E-state index in [0.29, 0.717) is 25.9 Å². The highest BCUT2D eigenvalue weighted by molar-refractivity contribution is 7.11. The highest BCUT2D eigenvalue weighted by Gasteiger charge is 2.13. The Hall–Kier alpha value is -0.560. The van der Waals surface area contributed by atoms with Crippen LogP contribution in [0.2, 0.25) is 0 Å². The van der Waals surface area contributed by atoms with Gasteiger partial charge in [-0.05, 0) is 13.0 Å². The number of hydrogen-bond acceptors (Lipinski definition) is 6. The van der Waals surface area contributed by atoms with Gasteiger partial charge < -0.3 is 14.8 Å². The Labute approximate surface area is 107 Å². The lowest BCUT2D eigenvalue weighted by Crippen LogP contribution is -2.19. The van der Waals surface area contributed by atoms with E-state index in [-0.39, 0.29) is 0 Å². The van der Waals surface area contributed by atoms with Crippen LogP contribution in [0.1, 0.15) is 36.3 Å². The third-order valence-corrected chi connectivity index (χ3v) is 3.31. The summed E-state index contributed by atoms with van der Waals surface area (Å²) in [7, 11) is 1.66. The zero-order valence-corrected chi connectivity index (χ0v) is 11.5. The van der Waals surface area contributed by atoms with Crippen LogP contribution in [0, 0.1) is 0 Å². The second-order valence-corrected chi connectivity index (χ2v) is 4.69. The SMILES string of the molecule is CCNC(CC)c1nnc(COCCOC)s1. The highest BCUT2D eigenvalue weighted by atomic mass is 32.1. The van der Waals surface area contributed by atoms with Crippen molar-refractivity contribution in [2.24, 2.45) is 0 Å². The third kappa shape index (κ3) is 5.08. The Kier molecular flexibility index (Phi) is 7.27. The summed E-state index contributed by atoms with van der Waals surface area (Å²) in [4.78, 5) is 0. The summed E-state index contributed by atoms with van der Waals surface area (Å²) in [5, 5.41) is 13.7. The van der Waals surface area contributed by atoms with Gasteiger partial charge in [-0.15, -0.1) is 10.2 Å². The Morgan fingerprint density at radius 2 is 2.12 bits per heavy atom. The van der Waals surface area contributed by atoms with Crippen LogP contribution in [0.3, 0.4) is 0 Å². The van der Waals surface area contributed by atoms with Gasteiger partial charge in [-0.2, -0.15) is 0 Å². The van der Waals surface area contributed by atoms with Gasteiger partial charge in [-0.25, -0.2) is 0 Å². The van der Waals surface area contributed by atoms with Gasteiger partial charge in [-0.1, -0.05) is 25.2 Å². The van der Waals surface area contributed by atoms with E-state index >= 15 is 0 Å². The largest absolute Gasteiger partial charge is 0.382 e. The minimum absolute atomic E-state index is 0.310. The van der Waals surface area contributed by atoms with Crippen molar-refractivity contribution >= 4 is 11.3 Å². The van der Waals surface area contributed by atoms with Crippen molar-refractivity contribution < 1.29 is 9.47 Å². The molecule has 1 N–H and O–H groups in total. The number of aromatic nitrogens is 2. The molecule has 0 saturated carbocycles. The van der Waals surface area contributed by atoms with Crippen molar-refractivity contribution in [1.82, 2.24) is 15.5 Å². The predicted molar refractivity (Wildman–Crippen MR) is 68.1 cm³/mol. The summed E-state index contributed by atoms with van der Waals surface area (Å²) < 4.78 is 10.3. The Bertz CT molecular complexity index is 307. The number of hydrogen-bond donors (Lipinski definition) is 1. The third-order valence-electron chi connectivity index (χ3n) is 2.30. The zero-order chi connectivity index (χ0) is 12.5. The minimum atomic E-state index is 0.310. The summed E-state index contributed by atoms with van der Waals surface area (Å²) >= 11 is 1.61. The van der Waals surface area contributed by atoms with Crippen molar-refractivity contribution in [2.75, 3.05) is 26.9 Å². The minimum Gasteiger partial charge on any atom is -0.382 e. The Morgan fingerprint density at radius 3 is 2.76 bits per heavy atom. The molecule has 1 aromatic heterocycles. The van der Waals surface area contributed by atoms with E-state index in [4.69, 9.17) is 9.47 Å². The van der Waals surface area contributed by atoms with E-state index in [1.165, 1.54) is 0 Å². The smallest absolute Gasteiger partial charge is 0.143 e. The monoisotopic (exact) mass is 259 g/mol. The van der Waals surface area contributed by atoms with E-state index in [2.05, 4.69) is 29.4 Å². The predicted octanol–water partition coefficient (Wildman–Crippen LogP) is 1.76. The fourth-order valence-electron chi connectivity index (χ4n) is 1.42. The summed E-state index contributed by atoms with van der Waals surface area (Å²) in [5.74, 6) is 0. The molecule has 0 aromatic carbocycles. The second-order valence-electron chi connectivity index (χ2n) is 3.60. The molecule has 6 heteroatoms. The summed E-state index contributed by atoms with van der Waals surface area (Å²) in [6.07, 6.45) is 1.02. The molecule has 98 valence electrons. The molecule has 0 bridgehead atoms. The molecular weight excluding hydrogens is 238 g/mol. The maximum absolute atomic E-state index is 5.41. The lowest BCUT2D eigenvalue weighted by Gasteiger charge is -2.10. The van der Waals surface area contributed by atoms with Crippen LogP contribution in [-0.4, -0.2) is 37.1 Å². The molecule has 0 fully saturated rings. The van der Waals surface area contributed by atoms with Crippen molar-refractivity contribution in [2.45, 2.75) is 32.9 Å². The number of nitrogens with zero attached hydrogens (tertiary/aromatic N) is 2. The fourth-order valence-corrected chi connectivity index (χ4v) is 2.36. The van der Waals surface area contributed by atoms with Gasteiger partial charge in [0.1, 0.15) is 16.6 Å². The average molecular weight is 259 g/mol. The molecular formula is C11H21N3O2S. The molecule has 0 radical (unpaired) electrons. The lowest BCUT2D eigenvalue weighted by atomic mass is 10.2. The van der Waals surface area contributed by atoms with E-state index in [0.717, 1.165) is 23.0 Å². The van der Waals surface area contributed by atoms with E-state index in [1.54, 1.807) is 18.4 Å². The molecule has 0 aliphatic heterocycles.